The van der Waals surface area contributed by atoms with Gasteiger partial charge >= 0.3 is 5.97 Å². The maximum atomic E-state index is 11.6. The van der Waals surface area contributed by atoms with Gasteiger partial charge in [0.25, 0.3) is 0 Å². The van der Waals surface area contributed by atoms with Crippen LogP contribution in [0.1, 0.15) is 52.4 Å². The van der Waals surface area contributed by atoms with Gasteiger partial charge in [-0.2, -0.15) is 0 Å². The fourth-order valence-corrected chi connectivity index (χ4v) is 3.84. The van der Waals surface area contributed by atoms with Gasteiger partial charge in [0.05, 0.1) is 7.11 Å². The summed E-state index contributed by atoms with van der Waals surface area (Å²) in [7, 11) is 1.49. The van der Waals surface area contributed by atoms with Crippen LogP contribution in [0, 0.1) is 17.8 Å². The fourth-order valence-electron chi connectivity index (χ4n) is 3.84. The zero-order valence-electron chi connectivity index (χ0n) is 12.5. The minimum absolute atomic E-state index is 0.0555. The Morgan fingerprint density at radius 2 is 2.11 bits per heavy atom. The highest BCUT2D eigenvalue weighted by molar-refractivity contribution is 5.69. The zero-order valence-corrected chi connectivity index (χ0v) is 12.5. The summed E-state index contributed by atoms with van der Waals surface area (Å²) in [5, 5.41) is 0. The second-order valence-corrected chi connectivity index (χ2v) is 6.31. The van der Waals surface area contributed by atoms with Crippen molar-refractivity contribution in [2.75, 3.05) is 7.11 Å². The summed E-state index contributed by atoms with van der Waals surface area (Å²) < 4.78 is 4.85. The summed E-state index contributed by atoms with van der Waals surface area (Å²) >= 11 is 0. The van der Waals surface area contributed by atoms with Gasteiger partial charge in [0.15, 0.2) is 0 Å². The first kappa shape index (κ1) is 14.4. The van der Waals surface area contributed by atoms with Crippen molar-refractivity contribution in [1.29, 1.82) is 0 Å². The number of hydrogen-bond acceptors (Lipinski definition) is 2. The first-order valence-corrected chi connectivity index (χ1v) is 7.43. The quantitative estimate of drug-likeness (QED) is 0.561. The minimum Gasteiger partial charge on any atom is -0.469 e. The maximum Gasteiger partial charge on any atom is 0.305 e. The van der Waals surface area contributed by atoms with E-state index in [-0.39, 0.29) is 5.97 Å². The third-order valence-corrected chi connectivity index (χ3v) is 5.11. The van der Waals surface area contributed by atoms with Crippen LogP contribution in [0.3, 0.4) is 0 Å². The van der Waals surface area contributed by atoms with Crippen LogP contribution in [0.2, 0.25) is 0 Å². The maximum absolute atomic E-state index is 11.6. The molecule has 0 spiro atoms. The lowest BCUT2D eigenvalue weighted by Crippen LogP contribution is -2.18. The van der Waals surface area contributed by atoms with Crippen LogP contribution in [-0.4, -0.2) is 13.1 Å². The van der Waals surface area contributed by atoms with Crippen LogP contribution in [-0.2, 0) is 9.53 Å². The number of fused-ring (bicyclic) bond motifs is 1. The van der Waals surface area contributed by atoms with Crippen LogP contribution in [0.15, 0.2) is 23.3 Å². The second kappa shape index (κ2) is 5.94. The molecule has 0 amide bonds. The topological polar surface area (TPSA) is 26.3 Å². The average molecular weight is 262 g/mol. The fraction of sp³-hybridized carbons (Fsp3) is 0.706. The molecule has 0 bridgehead atoms. The van der Waals surface area contributed by atoms with Crippen LogP contribution in [0.4, 0.5) is 0 Å². The first-order valence-electron chi connectivity index (χ1n) is 7.43. The van der Waals surface area contributed by atoms with Gasteiger partial charge in [0.2, 0.25) is 0 Å². The molecule has 0 N–H and O–H groups in total. The van der Waals surface area contributed by atoms with Crippen LogP contribution >= 0.6 is 0 Å². The molecule has 2 nitrogen and oxygen atoms in total. The highest BCUT2D eigenvalue weighted by Gasteiger charge is 2.37. The second-order valence-electron chi connectivity index (χ2n) is 6.31. The molecule has 0 aliphatic heterocycles. The summed E-state index contributed by atoms with van der Waals surface area (Å²) in [6.45, 7) is 8.58. The van der Waals surface area contributed by atoms with E-state index in [1.807, 2.05) is 0 Å². The number of ether oxygens (including phenoxy) is 1. The lowest BCUT2D eigenvalue weighted by molar-refractivity contribution is -0.142. The highest BCUT2D eigenvalue weighted by atomic mass is 16.5. The van der Waals surface area contributed by atoms with E-state index in [1.165, 1.54) is 38.4 Å². The van der Waals surface area contributed by atoms with Gasteiger partial charge in [0, 0.05) is 6.42 Å². The van der Waals surface area contributed by atoms with Gasteiger partial charge in [-0.05, 0) is 63.7 Å². The number of rotatable bonds is 3. The van der Waals surface area contributed by atoms with Crippen molar-refractivity contribution in [2.45, 2.75) is 52.4 Å². The number of esters is 1. The largest absolute Gasteiger partial charge is 0.469 e. The van der Waals surface area contributed by atoms with E-state index >= 15 is 0 Å². The Morgan fingerprint density at radius 3 is 2.74 bits per heavy atom. The van der Waals surface area contributed by atoms with Gasteiger partial charge in [0.1, 0.15) is 0 Å². The molecule has 1 fully saturated rings. The number of carbonyl (C=O) groups is 1. The molecule has 0 heterocycles. The monoisotopic (exact) mass is 262 g/mol. The summed E-state index contributed by atoms with van der Waals surface area (Å²) in [5.41, 5.74) is 4.51. The Balaban J connectivity index is 2.16. The van der Waals surface area contributed by atoms with E-state index in [4.69, 9.17) is 4.74 Å². The predicted molar refractivity (Wildman–Crippen MR) is 77.7 cm³/mol. The van der Waals surface area contributed by atoms with Crippen molar-refractivity contribution in [3.8, 4) is 0 Å². The third kappa shape index (κ3) is 3.10. The predicted octanol–water partition coefficient (Wildman–Crippen LogP) is 4.27. The average Bonchev–Trinajstić information content (AvgIpc) is 2.67. The Bertz CT molecular complexity index is 405. The van der Waals surface area contributed by atoms with Crippen molar-refractivity contribution < 1.29 is 9.53 Å². The Hall–Kier alpha value is -1.05. The van der Waals surface area contributed by atoms with E-state index in [0.29, 0.717) is 24.2 Å². The standard InChI is InChI=1S/C17H26O2/c1-11(2)13-6-5-12(3)15-8-7-14(16(15)9-13)10-17(18)19-4/h13-14,16H,1,5-10H2,2-4H3/t13-,14-,16+/m1/s1. The minimum atomic E-state index is -0.0555. The van der Waals surface area contributed by atoms with Gasteiger partial charge in [-0.15, -0.1) is 0 Å². The Morgan fingerprint density at radius 1 is 1.37 bits per heavy atom. The van der Waals surface area contributed by atoms with Crippen LogP contribution in [0.5, 0.6) is 0 Å². The van der Waals surface area contributed by atoms with Crippen molar-refractivity contribution in [1.82, 2.24) is 0 Å². The van der Waals surface area contributed by atoms with Crippen molar-refractivity contribution in [3.63, 3.8) is 0 Å². The smallest absolute Gasteiger partial charge is 0.305 e. The molecule has 0 saturated heterocycles. The summed E-state index contributed by atoms with van der Waals surface area (Å²) in [6, 6.07) is 0. The van der Waals surface area contributed by atoms with Crippen molar-refractivity contribution in [3.05, 3.63) is 23.3 Å². The van der Waals surface area contributed by atoms with E-state index in [9.17, 15) is 4.79 Å². The number of hydrogen-bond donors (Lipinski definition) is 0. The number of carbonyl (C=O) groups excluding carboxylic acids is 1. The zero-order chi connectivity index (χ0) is 14.0. The molecule has 0 aromatic carbocycles. The Kier molecular flexibility index (Phi) is 4.49. The molecule has 2 heteroatoms. The van der Waals surface area contributed by atoms with Crippen LogP contribution < -0.4 is 0 Å². The van der Waals surface area contributed by atoms with E-state index < -0.39 is 0 Å². The van der Waals surface area contributed by atoms with Crippen molar-refractivity contribution >= 4 is 5.97 Å². The molecule has 0 aromatic rings. The molecule has 1 saturated carbocycles. The Labute approximate surface area is 116 Å². The number of allylic oxidation sites excluding steroid dienone is 3. The molecule has 2 rings (SSSR count). The SMILES string of the molecule is C=C(C)[C@@H]1CCC(C)=C2CC[C@H](CC(=O)OC)[C@@H]2C1. The number of methoxy groups -OCH3 is 1. The summed E-state index contributed by atoms with van der Waals surface area (Å²) in [5.74, 6) is 1.64. The summed E-state index contributed by atoms with van der Waals surface area (Å²) in [6.07, 6.45) is 6.53. The lowest BCUT2D eigenvalue weighted by atomic mass is 9.81. The van der Waals surface area contributed by atoms with Gasteiger partial charge in [-0.3, -0.25) is 4.79 Å². The molecule has 19 heavy (non-hydrogen) atoms. The molecule has 0 radical (unpaired) electrons. The van der Waals surface area contributed by atoms with Gasteiger partial charge in [-0.1, -0.05) is 23.3 Å². The van der Waals surface area contributed by atoms with Crippen LogP contribution in [0.25, 0.3) is 0 Å². The molecule has 3 atom stereocenters. The lowest BCUT2D eigenvalue weighted by Gasteiger charge is -2.24. The molecule has 2 aliphatic rings. The first-order chi connectivity index (χ1) is 9.02. The van der Waals surface area contributed by atoms with E-state index in [2.05, 4.69) is 20.4 Å². The van der Waals surface area contributed by atoms with Gasteiger partial charge < -0.3 is 4.74 Å². The molecular weight excluding hydrogens is 236 g/mol. The van der Waals surface area contributed by atoms with Gasteiger partial charge in [-0.25, -0.2) is 0 Å². The third-order valence-electron chi connectivity index (χ3n) is 5.11. The van der Waals surface area contributed by atoms with Crippen molar-refractivity contribution in [2.24, 2.45) is 17.8 Å². The summed E-state index contributed by atoms with van der Waals surface area (Å²) in [4.78, 5) is 11.6. The molecular formula is C17H26O2. The normalized spacial score (nSPS) is 30.8. The molecule has 2 aliphatic carbocycles. The molecule has 106 valence electrons. The van der Waals surface area contributed by atoms with E-state index in [1.54, 1.807) is 11.1 Å². The molecule has 0 aromatic heterocycles. The molecule has 0 unspecified atom stereocenters. The van der Waals surface area contributed by atoms with E-state index in [0.717, 1.165) is 6.42 Å². The highest BCUT2D eigenvalue weighted by Crippen LogP contribution is 2.48.